The summed E-state index contributed by atoms with van der Waals surface area (Å²) >= 11 is 0. The molecule has 0 saturated heterocycles. The lowest BCUT2D eigenvalue weighted by molar-refractivity contribution is -0.145. The zero-order chi connectivity index (χ0) is 8.69. The second-order valence-electron chi connectivity index (χ2n) is 1.79. The summed E-state index contributed by atoms with van der Waals surface area (Å²) in [6.45, 7) is 1.13. The van der Waals surface area contributed by atoms with Crippen LogP contribution in [0.5, 0.6) is 0 Å². The number of carboxylic acid groups (broad SMARTS) is 1. The first-order valence-electron chi connectivity index (χ1n) is 3.06. The van der Waals surface area contributed by atoms with Gasteiger partial charge in [0.2, 0.25) is 0 Å². The highest BCUT2D eigenvalue weighted by Crippen LogP contribution is 1.79. The van der Waals surface area contributed by atoms with Crippen LogP contribution in [-0.4, -0.2) is 36.9 Å². The minimum absolute atomic E-state index is 0.0998. The van der Waals surface area contributed by atoms with Gasteiger partial charge in [0.25, 0.3) is 0 Å². The van der Waals surface area contributed by atoms with Crippen LogP contribution in [0.3, 0.4) is 0 Å². The molecule has 0 unspecified atom stereocenters. The summed E-state index contributed by atoms with van der Waals surface area (Å²) < 4.78 is 9.04. The first-order chi connectivity index (χ1) is 5.13. The summed E-state index contributed by atoms with van der Waals surface area (Å²) in [6, 6.07) is 0. The average molecular weight is 162 g/mol. The zero-order valence-electron chi connectivity index (χ0n) is 6.20. The lowest BCUT2D eigenvalue weighted by Crippen LogP contribution is -2.12. The molecular weight excluding hydrogens is 152 g/mol. The molecule has 0 aliphatic carbocycles. The van der Waals surface area contributed by atoms with E-state index in [1.807, 2.05) is 0 Å². The molecule has 0 aromatic heterocycles. The van der Waals surface area contributed by atoms with Gasteiger partial charge in [-0.3, -0.25) is 4.79 Å². The lowest BCUT2D eigenvalue weighted by atomic mass is 10.7. The van der Waals surface area contributed by atoms with E-state index in [-0.39, 0.29) is 19.8 Å². The van der Waals surface area contributed by atoms with Crippen molar-refractivity contribution in [2.75, 3.05) is 19.8 Å². The molecule has 0 heterocycles. The number of carboxylic acids is 1. The minimum atomic E-state index is -1.03. The van der Waals surface area contributed by atoms with Crippen molar-refractivity contribution < 1.29 is 24.2 Å². The third-order valence-electron chi connectivity index (χ3n) is 0.759. The largest absolute Gasteiger partial charge is 0.480 e. The Morgan fingerprint density at radius 2 is 2.00 bits per heavy atom. The Morgan fingerprint density at radius 3 is 2.45 bits per heavy atom. The van der Waals surface area contributed by atoms with Gasteiger partial charge in [0, 0.05) is 6.92 Å². The highest BCUT2D eigenvalue weighted by molar-refractivity contribution is 5.68. The van der Waals surface area contributed by atoms with E-state index in [1.54, 1.807) is 0 Å². The number of hydrogen-bond donors (Lipinski definition) is 1. The Morgan fingerprint density at radius 1 is 1.36 bits per heavy atom. The van der Waals surface area contributed by atoms with Crippen molar-refractivity contribution in [2.24, 2.45) is 0 Å². The monoisotopic (exact) mass is 162 g/mol. The van der Waals surface area contributed by atoms with E-state index < -0.39 is 11.9 Å². The first-order valence-corrected chi connectivity index (χ1v) is 3.06. The fraction of sp³-hybridized carbons (Fsp3) is 0.667. The molecule has 0 spiro atoms. The van der Waals surface area contributed by atoms with Crippen LogP contribution in [0.25, 0.3) is 0 Å². The zero-order valence-corrected chi connectivity index (χ0v) is 6.20. The van der Waals surface area contributed by atoms with Crippen LogP contribution in [0.2, 0.25) is 0 Å². The quantitative estimate of drug-likeness (QED) is 0.442. The van der Waals surface area contributed by atoms with Crippen molar-refractivity contribution >= 4 is 11.9 Å². The van der Waals surface area contributed by atoms with Gasteiger partial charge < -0.3 is 14.6 Å². The SMILES string of the molecule is CC(=O)OCCOCC(=O)O. The second-order valence-corrected chi connectivity index (χ2v) is 1.79. The summed E-state index contributed by atoms with van der Waals surface area (Å²) in [4.78, 5) is 20.0. The van der Waals surface area contributed by atoms with Crippen LogP contribution in [0.1, 0.15) is 6.92 Å². The number of ether oxygens (including phenoxy) is 2. The summed E-state index contributed by atoms with van der Waals surface area (Å²) in [5, 5.41) is 8.09. The normalized spacial score (nSPS) is 9.18. The highest BCUT2D eigenvalue weighted by atomic mass is 16.6. The molecule has 0 rings (SSSR count). The maximum absolute atomic E-state index is 10.1. The van der Waals surface area contributed by atoms with Crippen LogP contribution in [0.15, 0.2) is 0 Å². The molecule has 0 fully saturated rings. The molecule has 0 radical (unpaired) electrons. The van der Waals surface area contributed by atoms with Crippen molar-refractivity contribution in [3.05, 3.63) is 0 Å². The van der Waals surface area contributed by atoms with Crippen molar-refractivity contribution in [3.63, 3.8) is 0 Å². The van der Waals surface area contributed by atoms with E-state index >= 15 is 0 Å². The highest BCUT2D eigenvalue weighted by Gasteiger charge is 1.96. The van der Waals surface area contributed by atoms with Crippen molar-refractivity contribution in [1.82, 2.24) is 0 Å². The molecule has 0 atom stereocenters. The number of carbonyl (C=O) groups excluding carboxylic acids is 1. The van der Waals surface area contributed by atoms with Gasteiger partial charge in [-0.1, -0.05) is 0 Å². The molecule has 11 heavy (non-hydrogen) atoms. The van der Waals surface area contributed by atoms with E-state index in [0.29, 0.717) is 0 Å². The predicted molar refractivity (Wildman–Crippen MR) is 35.1 cm³/mol. The topological polar surface area (TPSA) is 72.8 Å². The van der Waals surface area contributed by atoms with Crippen molar-refractivity contribution in [2.45, 2.75) is 6.92 Å². The van der Waals surface area contributed by atoms with Gasteiger partial charge in [-0.25, -0.2) is 4.79 Å². The van der Waals surface area contributed by atoms with E-state index in [1.165, 1.54) is 6.92 Å². The third kappa shape index (κ3) is 8.90. The van der Waals surface area contributed by atoms with E-state index in [4.69, 9.17) is 5.11 Å². The Labute approximate surface area is 63.9 Å². The fourth-order valence-corrected chi connectivity index (χ4v) is 0.404. The van der Waals surface area contributed by atoms with Crippen LogP contribution in [0, 0.1) is 0 Å². The predicted octanol–water partition coefficient (Wildman–Crippen LogP) is -0.349. The molecular formula is C6H10O5. The smallest absolute Gasteiger partial charge is 0.329 e. The maximum atomic E-state index is 10.1. The molecule has 0 amide bonds. The summed E-state index contributed by atoms with van der Waals surface area (Å²) in [5.74, 6) is -1.43. The Balaban J connectivity index is 3.03. The van der Waals surface area contributed by atoms with Gasteiger partial charge in [0.1, 0.15) is 13.2 Å². The number of esters is 1. The van der Waals surface area contributed by atoms with Crippen LogP contribution in [0.4, 0.5) is 0 Å². The van der Waals surface area contributed by atoms with Crippen molar-refractivity contribution in [3.8, 4) is 0 Å². The Kier molecular flexibility index (Phi) is 5.10. The standard InChI is InChI=1S/C6H10O5/c1-5(7)11-3-2-10-4-6(8)9/h2-4H2,1H3,(H,8,9). The molecule has 64 valence electrons. The van der Waals surface area contributed by atoms with Gasteiger partial charge in [-0.15, -0.1) is 0 Å². The van der Waals surface area contributed by atoms with Gasteiger partial charge in [-0.2, -0.15) is 0 Å². The lowest BCUT2D eigenvalue weighted by Gasteiger charge is -2.00. The number of carbonyl (C=O) groups is 2. The van der Waals surface area contributed by atoms with E-state index in [9.17, 15) is 9.59 Å². The number of aliphatic carboxylic acids is 1. The minimum Gasteiger partial charge on any atom is -0.480 e. The summed E-state index contributed by atoms with van der Waals surface area (Å²) in [6.07, 6.45) is 0. The fourth-order valence-electron chi connectivity index (χ4n) is 0.404. The van der Waals surface area contributed by atoms with Gasteiger partial charge >= 0.3 is 11.9 Å². The molecule has 0 aliphatic rings. The molecule has 5 heteroatoms. The number of hydrogen-bond acceptors (Lipinski definition) is 4. The maximum Gasteiger partial charge on any atom is 0.329 e. The van der Waals surface area contributed by atoms with Gasteiger partial charge in [0.15, 0.2) is 0 Å². The third-order valence-corrected chi connectivity index (χ3v) is 0.759. The van der Waals surface area contributed by atoms with E-state index in [2.05, 4.69) is 9.47 Å². The molecule has 0 aromatic rings. The molecule has 0 aromatic carbocycles. The van der Waals surface area contributed by atoms with Crippen LogP contribution in [-0.2, 0) is 19.1 Å². The first kappa shape index (κ1) is 9.90. The van der Waals surface area contributed by atoms with Gasteiger partial charge in [-0.05, 0) is 0 Å². The van der Waals surface area contributed by atoms with Gasteiger partial charge in [0.05, 0.1) is 6.61 Å². The van der Waals surface area contributed by atoms with E-state index in [0.717, 1.165) is 0 Å². The molecule has 1 N–H and O–H groups in total. The average Bonchev–Trinajstić information content (AvgIpc) is 1.85. The van der Waals surface area contributed by atoms with Crippen LogP contribution < -0.4 is 0 Å². The van der Waals surface area contributed by atoms with Crippen molar-refractivity contribution in [1.29, 1.82) is 0 Å². The van der Waals surface area contributed by atoms with Crippen LogP contribution >= 0.6 is 0 Å². The molecule has 0 saturated carbocycles. The second kappa shape index (κ2) is 5.67. The number of rotatable bonds is 5. The molecule has 0 aliphatic heterocycles. The summed E-state index contributed by atoms with van der Waals surface area (Å²) in [5.41, 5.74) is 0. The Hall–Kier alpha value is -1.10. The summed E-state index contributed by atoms with van der Waals surface area (Å²) in [7, 11) is 0. The molecule has 5 nitrogen and oxygen atoms in total. The Bertz CT molecular complexity index is 126. The molecule has 0 bridgehead atoms.